The van der Waals surface area contributed by atoms with Crippen molar-refractivity contribution in [2.24, 2.45) is 5.92 Å². The zero-order chi connectivity index (χ0) is 13.2. The van der Waals surface area contributed by atoms with Gasteiger partial charge in [0.1, 0.15) is 4.90 Å². The van der Waals surface area contributed by atoms with Gasteiger partial charge in [0.2, 0.25) is 10.0 Å². The highest BCUT2D eigenvalue weighted by Crippen LogP contribution is 2.18. The van der Waals surface area contributed by atoms with Crippen LogP contribution in [0, 0.1) is 19.8 Å². The zero-order valence-corrected chi connectivity index (χ0v) is 12.0. The molecule has 1 atom stereocenters. The summed E-state index contributed by atoms with van der Waals surface area (Å²) in [6, 6.07) is -0.282. The predicted molar refractivity (Wildman–Crippen MR) is 67.7 cm³/mol. The highest BCUT2D eigenvalue weighted by atomic mass is 35.5. The summed E-state index contributed by atoms with van der Waals surface area (Å²) in [5, 5.41) is 6.54. The van der Waals surface area contributed by atoms with Gasteiger partial charge in [-0.05, 0) is 19.8 Å². The molecule has 1 unspecified atom stereocenters. The summed E-state index contributed by atoms with van der Waals surface area (Å²) in [6.07, 6.45) is 0. The van der Waals surface area contributed by atoms with Crippen LogP contribution in [-0.4, -0.2) is 30.5 Å². The molecule has 1 aromatic heterocycles. The van der Waals surface area contributed by atoms with Crippen LogP contribution in [0.1, 0.15) is 25.2 Å². The molecule has 98 valence electrons. The summed E-state index contributed by atoms with van der Waals surface area (Å²) in [7, 11) is -3.56. The van der Waals surface area contributed by atoms with Gasteiger partial charge in [-0.1, -0.05) is 13.8 Å². The van der Waals surface area contributed by atoms with Crippen molar-refractivity contribution in [2.75, 3.05) is 5.88 Å². The van der Waals surface area contributed by atoms with Gasteiger partial charge in [-0.2, -0.15) is 5.10 Å². The van der Waals surface area contributed by atoms with Crippen molar-refractivity contribution in [1.82, 2.24) is 14.9 Å². The number of hydrogen-bond donors (Lipinski definition) is 2. The number of alkyl halides is 1. The van der Waals surface area contributed by atoms with Crippen molar-refractivity contribution in [1.29, 1.82) is 0 Å². The largest absolute Gasteiger partial charge is 0.281 e. The van der Waals surface area contributed by atoms with Crippen molar-refractivity contribution in [3.63, 3.8) is 0 Å². The molecular formula is C10H18ClN3O2S. The second kappa shape index (κ2) is 5.37. The van der Waals surface area contributed by atoms with E-state index < -0.39 is 10.0 Å². The number of aryl methyl sites for hydroxylation is 2. The summed E-state index contributed by atoms with van der Waals surface area (Å²) in [5.41, 5.74) is 0.999. The van der Waals surface area contributed by atoms with E-state index in [1.54, 1.807) is 13.8 Å². The van der Waals surface area contributed by atoms with Crippen LogP contribution in [0.15, 0.2) is 4.90 Å². The molecule has 7 heteroatoms. The highest BCUT2D eigenvalue weighted by Gasteiger charge is 2.26. The molecule has 0 fully saturated rings. The van der Waals surface area contributed by atoms with Gasteiger partial charge in [-0.15, -0.1) is 11.6 Å². The number of H-pyrrole nitrogens is 1. The molecule has 0 aliphatic rings. The minimum Gasteiger partial charge on any atom is -0.281 e. The van der Waals surface area contributed by atoms with Crippen LogP contribution >= 0.6 is 11.6 Å². The van der Waals surface area contributed by atoms with Gasteiger partial charge in [0, 0.05) is 11.9 Å². The maximum atomic E-state index is 12.2. The Morgan fingerprint density at radius 2 is 2.00 bits per heavy atom. The lowest BCUT2D eigenvalue weighted by atomic mass is 10.1. The number of aromatic amines is 1. The van der Waals surface area contributed by atoms with Gasteiger partial charge < -0.3 is 0 Å². The Bertz CT molecular complexity index is 462. The first-order valence-electron chi connectivity index (χ1n) is 5.39. The Morgan fingerprint density at radius 1 is 1.41 bits per heavy atom. The van der Waals surface area contributed by atoms with Gasteiger partial charge in [-0.3, -0.25) is 5.10 Å². The minimum atomic E-state index is -3.56. The van der Waals surface area contributed by atoms with Gasteiger partial charge in [-0.25, -0.2) is 13.1 Å². The predicted octanol–water partition coefficient (Wildman–Crippen LogP) is 1.57. The molecule has 1 heterocycles. The first kappa shape index (κ1) is 14.5. The fourth-order valence-electron chi connectivity index (χ4n) is 1.54. The number of halogens is 1. The van der Waals surface area contributed by atoms with E-state index in [0.717, 1.165) is 0 Å². The van der Waals surface area contributed by atoms with Crippen molar-refractivity contribution < 1.29 is 8.42 Å². The smallest absolute Gasteiger partial charge is 0.244 e. The molecule has 2 N–H and O–H groups in total. The van der Waals surface area contributed by atoms with Gasteiger partial charge >= 0.3 is 0 Å². The van der Waals surface area contributed by atoms with Crippen molar-refractivity contribution in [2.45, 2.75) is 38.6 Å². The summed E-state index contributed by atoms with van der Waals surface area (Å²) in [4.78, 5) is 0.216. The molecule has 5 nitrogen and oxygen atoms in total. The topological polar surface area (TPSA) is 74.8 Å². The van der Waals surface area contributed by atoms with Crippen LogP contribution < -0.4 is 4.72 Å². The molecule has 0 amide bonds. The zero-order valence-electron chi connectivity index (χ0n) is 10.4. The second-order valence-corrected chi connectivity index (χ2v) is 6.35. The fraction of sp³-hybridized carbons (Fsp3) is 0.700. The van der Waals surface area contributed by atoms with Gasteiger partial charge in [0.05, 0.1) is 11.4 Å². The van der Waals surface area contributed by atoms with E-state index in [-0.39, 0.29) is 22.7 Å². The van der Waals surface area contributed by atoms with E-state index in [0.29, 0.717) is 11.4 Å². The second-order valence-electron chi connectivity index (χ2n) is 4.39. The van der Waals surface area contributed by atoms with E-state index in [1.165, 1.54) is 0 Å². The number of aromatic nitrogens is 2. The fourth-order valence-corrected chi connectivity index (χ4v) is 3.82. The first-order valence-corrected chi connectivity index (χ1v) is 7.41. The highest BCUT2D eigenvalue weighted by molar-refractivity contribution is 7.89. The van der Waals surface area contributed by atoms with Crippen LogP contribution in [0.5, 0.6) is 0 Å². The molecule has 0 spiro atoms. The Labute approximate surface area is 107 Å². The lowest BCUT2D eigenvalue weighted by molar-refractivity contribution is 0.480. The molecule has 1 rings (SSSR count). The summed E-state index contributed by atoms with van der Waals surface area (Å²) in [5.74, 6) is 0.377. The Kier molecular flexibility index (Phi) is 4.57. The number of nitrogens with one attached hydrogen (secondary N) is 2. The lowest BCUT2D eigenvalue weighted by Crippen LogP contribution is -2.40. The molecule has 0 aliphatic heterocycles. The summed E-state index contributed by atoms with van der Waals surface area (Å²) >= 11 is 5.76. The third kappa shape index (κ3) is 3.20. The monoisotopic (exact) mass is 279 g/mol. The molecule has 0 aromatic carbocycles. The molecule has 0 radical (unpaired) electrons. The maximum absolute atomic E-state index is 12.2. The molecule has 0 aliphatic carbocycles. The molecule has 17 heavy (non-hydrogen) atoms. The SMILES string of the molecule is Cc1n[nH]c(C)c1S(=O)(=O)NC(CCl)C(C)C. The maximum Gasteiger partial charge on any atom is 0.244 e. The molecule has 0 bridgehead atoms. The normalized spacial score (nSPS) is 14.2. The van der Waals surface area contributed by atoms with Crippen LogP contribution in [-0.2, 0) is 10.0 Å². The lowest BCUT2D eigenvalue weighted by Gasteiger charge is -2.19. The van der Waals surface area contributed by atoms with Crippen LogP contribution in [0.25, 0.3) is 0 Å². The number of sulfonamides is 1. The number of nitrogens with zero attached hydrogens (tertiary/aromatic N) is 1. The third-order valence-electron chi connectivity index (χ3n) is 2.61. The van der Waals surface area contributed by atoms with Crippen LogP contribution in [0.2, 0.25) is 0 Å². The number of hydrogen-bond acceptors (Lipinski definition) is 3. The Balaban J connectivity index is 3.05. The van der Waals surface area contributed by atoms with E-state index in [2.05, 4.69) is 14.9 Å². The third-order valence-corrected chi connectivity index (χ3v) is 4.69. The average Bonchev–Trinajstić information content (AvgIpc) is 2.55. The molecule has 0 saturated carbocycles. The Hall–Kier alpha value is -0.590. The van der Waals surface area contributed by atoms with Crippen molar-refractivity contribution in [3.8, 4) is 0 Å². The molecular weight excluding hydrogens is 262 g/mol. The average molecular weight is 280 g/mol. The van der Waals surface area contributed by atoms with Crippen LogP contribution in [0.4, 0.5) is 0 Å². The quantitative estimate of drug-likeness (QED) is 0.804. The van der Waals surface area contributed by atoms with Crippen molar-refractivity contribution >= 4 is 21.6 Å². The van der Waals surface area contributed by atoms with Gasteiger partial charge in [0.15, 0.2) is 0 Å². The van der Waals surface area contributed by atoms with E-state index in [1.807, 2.05) is 13.8 Å². The Morgan fingerprint density at radius 3 is 2.35 bits per heavy atom. The van der Waals surface area contributed by atoms with E-state index in [9.17, 15) is 8.42 Å². The van der Waals surface area contributed by atoms with E-state index >= 15 is 0 Å². The molecule has 1 aromatic rings. The minimum absolute atomic E-state index is 0.134. The number of rotatable bonds is 5. The van der Waals surface area contributed by atoms with E-state index in [4.69, 9.17) is 11.6 Å². The first-order chi connectivity index (χ1) is 7.79. The van der Waals surface area contributed by atoms with Crippen LogP contribution in [0.3, 0.4) is 0 Å². The summed E-state index contributed by atoms with van der Waals surface area (Å²) in [6.45, 7) is 7.18. The standard InChI is InChI=1S/C10H18ClN3O2S/c1-6(2)9(5-11)14-17(15,16)10-7(3)12-13-8(10)4/h6,9,14H,5H2,1-4H3,(H,12,13). The van der Waals surface area contributed by atoms with Gasteiger partial charge in [0.25, 0.3) is 0 Å². The van der Waals surface area contributed by atoms with Crippen molar-refractivity contribution in [3.05, 3.63) is 11.4 Å². The molecule has 0 saturated heterocycles. The summed E-state index contributed by atoms with van der Waals surface area (Å²) < 4.78 is 27.0.